The second kappa shape index (κ2) is 6.12. The highest BCUT2D eigenvalue weighted by atomic mass is 35.5. The molecule has 3 rings (SSSR count). The molecule has 0 aliphatic heterocycles. The minimum atomic E-state index is -0.151. The van der Waals surface area contributed by atoms with Crippen molar-refractivity contribution in [2.75, 3.05) is 6.54 Å². The highest BCUT2D eigenvalue weighted by molar-refractivity contribution is 7.11. The number of fused-ring (bicyclic) bond motifs is 1. The van der Waals surface area contributed by atoms with E-state index >= 15 is 0 Å². The SMILES string of the molecule is Cc1nc2c(s1)CCC[C@H]2CNC(=O)c1ccncc1Cl. The van der Waals surface area contributed by atoms with Crippen molar-refractivity contribution in [2.45, 2.75) is 32.1 Å². The van der Waals surface area contributed by atoms with E-state index in [0.717, 1.165) is 24.3 Å². The summed E-state index contributed by atoms with van der Waals surface area (Å²) in [7, 11) is 0. The third-order valence-corrected chi connectivity index (χ3v) is 5.05. The van der Waals surface area contributed by atoms with Gasteiger partial charge in [0.2, 0.25) is 0 Å². The third kappa shape index (κ3) is 3.09. The maximum atomic E-state index is 12.2. The fourth-order valence-electron chi connectivity index (χ4n) is 2.70. The molecule has 0 saturated heterocycles. The van der Waals surface area contributed by atoms with Crippen LogP contribution in [0.15, 0.2) is 18.5 Å². The molecule has 4 nitrogen and oxygen atoms in total. The van der Waals surface area contributed by atoms with Gasteiger partial charge in [0.1, 0.15) is 0 Å². The lowest BCUT2D eigenvalue weighted by Gasteiger charge is -2.21. The summed E-state index contributed by atoms with van der Waals surface area (Å²) in [5.41, 5.74) is 1.64. The van der Waals surface area contributed by atoms with E-state index in [9.17, 15) is 4.79 Å². The molecule has 110 valence electrons. The van der Waals surface area contributed by atoms with Gasteiger partial charge in [0.25, 0.3) is 5.91 Å². The molecule has 21 heavy (non-hydrogen) atoms. The van der Waals surface area contributed by atoms with Crippen LogP contribution in [-0.4, -0.2) is 22.4 Å². The molecular formula is C15H16ClN3OS. The number of nitrogens with one attached hydrogen (secondary N) is 1. The van der Waals surface area contributed by atoms with E-state index < -0.39 is 0 Å². The van der Waals surface area contributed by atoms with Gasteiger partial charge < -0.3 is 5.32 Å². The molecule has 6 heteroatoms. The lowest BCUT2D eigenvalue weighted by molar-refractivity contribution is 0.0950. The van der Waals surface area contributed by atoms with Crippen molar-refractivity contribution in [2.24, 2.45) is 0 Å². The molecule has 1 aliphatic carbocycles. The Bertz CT molecular complexity index is 671. The topological polar surface area (TPSA) is 54.9 Å². The van der Waals surface area contributed by atoms with E-state index in [1.807, 2.05) is 6.92 Å². The summed E-state index contributed by atoms with van der Waals surface area (Å²) in [4.78, 5) is 22.1. The predicted octanol–water partition coefficient (Wildman–Crippen LogP) is 3.35. The zero-order chi connectivity index (χ0) is 14.8. The molecule has 1 amide bonds. The molecule has 0 fully saturated rings. The van der Waals surface area contributed by atoms with Gasteiger partial charge in [-0.2, -0.15) is 0 Å². The minimum absolute atomic E-state index is 0.151. The van der Waals surface area contributed by atoms with Crippen LogP contribution in [-0.2, 0) is 6.42 Å². The number of carbonyl (C=O) groups excluding carboxylic acids is 1. The number of halogens is 1. The molecule has 1 N–H and O–H groups in total. The van der Waals surface area contributed by atoms with Gasteiger partial charge in [-0.15, -0.1) is 11.3 Å². The van der Waals surface area contributed by atoms with E-state index in [0.29, 0.717) is 23.0 Å². The van der Waals surface area contributed by atoms with Crippen molar-refractivity contribution in [3.8, 4) is 0 Å². The van der Waals surface area contributed by atoms with E-state index in [1.54, 1.807) is 23.6 Å². The Hall–Kier alpha value is -1.46. The molecular weight excluding hydrogens is 306 g/mol. The quantitative estimate of drug-likeness (QED) is 0.943. The monoisotopic (exact) mass is 321 g/mol. The number of aromatic nitrogens is 2. The summed E-state index contributed by atoms with van der Waals surface area (Å²) in [5, 5.41) is 4.46. The smallest absolute Gasteiger partial charge is 0.252 e. The van der Waals surface area contributed by atoms with E-state index in [2.05, 4.69) is 15.3 Å². The molecule has 2 heterocycles. The highest BCUT2D eigenvalue weighted by Crippen LogP contribution is 2.34. The van der Waals surface area contributed by atoms with Crippen LogP contribution in [0.3, 0.4) is 0 Å². The second-order valence-electron chi connectivity index (χ2n) is 5.20. The van der Waals surface area contributed by atoms with E-state index in [4.69, 9.17) is 11.6 Å². The Kier molecular flexibility index (Phi) is 4.22. The third-order valence-electron chi connectivity index (χ3n) is 3.70. The number of nitrogens with zero attached hydrogens (tertiary/aromatic N) is 2. The Morgan fingerprint density at radius 3 is 3.24 bits per heavy atom. The van der Waals surface area contributed by atoms with Crippen molar-refractivity contribution in [1.29, 1.82) is 0 Å². The number of carbonyl (C=O) groups is 1. The Morgan fingerprint density at radius 1 is 1.57 bits per heavy atom. The Morgan fingerprint density at radius 2 is 2.43 bits per heavy atom. The number of rotatable bonds is 3. The number of amides is 1. The van der Waals surface area contributed by atoms with Gasteiger partial charge in [0, 0.05) is 29.7 Å². The van der Waals surface area contributed by atoms with Crippen LogP contribution in [0.5, 0.6) is 0 Å². The number of hydrogen-bond donors (Lipinski definition) is 1. The standard InChI is InChI=1S/C15H16ClN3OS/c1-9-19-14-10(3-2-4-13(14)21-9)7-18-15(20)11-5-6-17-8-12(11)16/h5-6,8,10H,2-4,7H2,1H3,(H,18,20)/t10-/m0/s1. The average Bonchev–Trinajstić information content (AvgIpc) is 2.86. The summed E-state index contributed by atoms with van der Waals surface area (Å²) in [6, 6.07) is 1.64. The zero-order valence-electron chi connectivity index (χ0n) is 11.7. The van der Waals surface area contributed by atoms with Crippen LogP contribution in [0.25, 0.3) is 0 Å². The van der Waals surface area contributed by atoms with Crippen LogP contribution in [0, 0.1) is 6.92 Å². The summed E-state index contributed by atoms with van der Waals surface area (Å²) in [6.45, 7) is 2.64. The summed E-state index contributed by atoms with van der Waals surface area (Å²) >= 11 is 7.76. The first kappa shape index (κ1) is 14.5. The van der Waals surface area contributed by atoms with Crippen molar-refractivity contribution in [1.82, 2.24) is 15.3 Å². The average molecular weight is 322 g/mol. The first-order chi connectivity index (χ1) is 10.1. The first-order valence-electron chi connectivity index (χ1n) is 6.99. The normalized spacial score (nSPS) is 17.3. The summed E-state index contributed by atoms with van der Waals surface area (Å²) < 4.78 is 0. The van der Waals surface area contributed by atoms with Gasteiger partial charge in [-0.1, -0.05) is 11.6 Å². The Labute approximate surface area is 132 Å². The maximum absolute atomic E-state index is 12.2. The molecule has 0 radical (unpaired) electrons. The first-order valence-corrected chi connectivity index (χ1v) is 8.18. The van der Waals surface area contributed by atoms with Crippen LogP contribution in [0.1, 0.15) is 44.7 Å². The van der Waals surface area contributed by atoms with Crippen molar-refractivity contribution >= 4 is 28.8 Å². The van der Waals surface area contributed by atoms with Crippen molar-refractivity contribution < 1.29 is 4.79 Å². The van der Waals surface area contributed by atoms with E-state index in [1.165, 1.54) is 16.8 Å². The lowest BCUT2D eigenvalue weighted by atomic mass is 9.91. The molecule has 0 unspecified atom stereocenters. The molecule has 0 spiro atoms. The number of thiazole rings is 1. The molecule has 1 aliphatic rings. The van der Waals surface area contributed by atoms with Crippen LogP contribution in [0.4, 0.5) is 0 Å². The number of aryl methyl sites for hydroxylation is 2. The second-order valence-corrected chi connectivity index (χ2v) is 6.89. The molecule has 2 aromatic heterocycles. The summed E-state index contributed by atoms with van der Waals surface area (Å²) in [6.07, 6.45) is 6.40. The van der Waals surface area contributed by atoms with Crippen LogP contribution >= 0.6 is 22.9 Å². The van der Waals surface area contributed by atoms with Gasteiger partial charge >= 0.3 is 0 Å². The number of hydrogen-bond acceptors (Lipinski definition) is 4. The Balaban J connectivity index is 1.69. The van der Waals surface area contributed by atoms with Gasteiger partial charge in [-0.05, 0) is 32.3 Å². The lowest BCUT2D eigenvalue weighted by Crippen LogP contribution is -2.30. The molecule has 1 atom stereocenters. The van der Waals surface area contributed by atoms with Gasteiger partial charge in [-0.25, -0.2) is 4.98 Å². The minimum Gasteiger partial charge on any atom is -0.351 e. The fraction of sp³-hybridized carbons (Fsp3) is 0.400. The largest absolute Gasteiger partial charge is 0.351 e. The molecule has 0 bridgehead atoms. The summed E-state index contributed by atoms with van der Waals surface area (Å²) in [5.74, 6) is 0.157. The van der Waals surface area contributed by atoms with Gasteiger partial charge in [0.05, 0.1) is 21.3 Å². The zero-order valence-corrected chi connectivity index (χ0v) is 13.3. The van der Waals surface area contributed by atoms with Crippen LogP contribution < -0.4 is 5.32 Å². The highest BCUT2D eigenvalue weighted by Gasteiger charge is 2.24. The molecule has 0 saturated carbocycles. The number of pyridine rings is 1. The molecule has 2 aromatic rings. The van der Waals surface area contributed by atoms with Gasteiger partial charge in [0.15, 0.2) is 0 Å². The van der Waals surface area contributed by atoms with Crippen molar-refractivity contribution in [3.63, 3.8) is 0 Å². The molecule has 0 aromatic carbocycles. The van der Waals surface area contributed by atoms with Crippen molar-refractivity contribution in [3.05, 3.63) is 44.6 Å². The van der Waals surface area contributed by atoms with Gasteiger partial charge in [-0.3, -0.25) is 9.78 Å². The maximum Gasteiger partial charge on any atom is 0.252 e. The van der Waals surface area contributed by atoms with E-state index in [-0.39, 0.29) is 5.91 Å². The fourth-order valence-corrected chi connectivity index (χ4v) is 3.97. The predicted molar refractivity (Wildman–Crippen MR) is 84.1 cm³/mol. The van der Waals surface area contributed by atoms with Crippen LogP contribution in [0.2, 0.25) is 5.02 Å².